The fourth-order valence-corrected chi connectivity index (χ4v) is 1.71. The fourth-order valence-electron chi connectivity index (χ4n) is 1.71. The van der Waals surface area contributed by atoms with Crippen molar-refractivity contribution >= 4 is 0 Å². The summed E-state index contributed by atoms with van der Waals surface area (Å²) in [6.07, 6.45) is 0.721. The molecule has 2 nitrogen and oxygen atoms in total. The second-order valence-electron chi connectivity index (χ2n) is 3.86. The van der Waals surface area contributed by atoms with E-state index >= 15 is 0 Å². The maximum atomic E-state index is 13.6. The van der Waals surface area contributed by atoms with Crippen LogP contribution in [0.15, 0.2) is 18.2 Å². The number of halogens is 1. The number of benzene rings is 1. The van der Waals surface area contributed by atoms with Crippen LogP contribution in [-0.4, -0.2) is 29.6 Å². The molecule has 0 fully saturated rings. The Hall–Kier alpha value is -0.930. The molecule has 0 atom stereocenters. The second kappa shape index (κ2) is 6.61. The monoisotopic (exact) mass is 225 g/mol. The first-order valence-electron chi connectivity index (χ1n) is 5.81. The molecule has 0 saturated heterocycles. The highest BCUT2D eigenvalue weighted by Gasteiger charge is 2.05. The Morgan fingerprint density at radius 2 is 1.94 bits per heavy atom. The van der Waals surface area contributed by atoms with E-state index in [2.05, 4.69) is 18.7 Å². The van der Waals surface area contributed by atoms with Crippen molar-refractivity contribution in [3.05, 3.63) is 35.1 Å². The molecule has 0 saturated carbocycles. The van der Waals surface area contributed by atoms with Crippen LogP contribution in [0.25, 0.3) is 0 Å². The number of nitrogens with zero attached hydrogens (tertiary/aromatic N) is 1. The summed E-state index contributed by atoms with van der Waals surface area (Å²) in [7, 11) is 0. The molecule has 0 spiro atoms. The van der Waals surface area contributed by atoms with Crippen LogP contribution in [-0.2, 0) is 13.0 Å². The molecular weight excluding hydrogens is 205 g/mol. The fraction of sp³-hybridized carbons (Fsp3) is 0.538. The van der Waals surface area contributed by atoms with E-state index in [1.165, 1.54) is 6.07 Å². The van der Waals surface area contributed by atoms with Crippen molar-refractivity contribution in [3.63, 3.8) is 0 Å². The average Bonchev–Trinajstić information content (AvgIpc) is 2.32. The van der Waals surface area contributed by atoms with E-state index in [0.29, 0.717) is 5.56 Å². The molecule has 1 rings (SSSR count). The van der Waals surface area contributed by atoms with Crippen molar-refractivity contribution in [1.29, 1.82) is 0 Å². The van der Waals surface area contributed by atoms with E-state index in [0.717, 1.165) is 31.6 Å². The molecule has 90 valence electrons. The Bertz CT molecular complexity index is 324. The van der Waals surface area contributed by atoms with Gasteiger partial charge in [-0.25, -0.2) is 4.39 Å². The average molecular weight is 225 g/mol. The van der Waals surface area contributed by atoms with Crippen molar-refractivity contribution in [2.24, 2.45) is 0 Å². The van der Waals surface area contributed by atoms with E-state index in [1.54, 1.807) is 12.1 Å². The maximum absolute atomic E-state index is 13.6. The lowest BCUT2D eigenvalue weighted by Gasteiger charge is -2.17. The van der Waals surface area contributed by atoms with E-state index in [4.69, 9.17) is 5.11 Å². The van der Waals surface area contributed by atoms with Crippen LogP contribution >= 0.6 is 0 Å². The molecule has 1 N–H and O–H groups in total. The predicted molar refractivity (Wildman–Crippen MR) is 63.8 cm³/mol. The third-order valence-corrected chi connectivity index (χ3v) is 2.89. The highest BCUT2D eigenvalue weighted by molar-refractivity contribution is 5.24. The molecule has 0 heterocycles. The van der Waals surface area contributed by atoms with Crippen LogP contribution in [0.1, 0.15) is 25.0 Å². The van der Waals surface area contributed by atoms with Crippen LogP contribution < -0.4 is 0 Å². The number of aliphatic hydroxyl groups excluding tert-OH is 1. The number of rotatable bonds is 6. The van der Waals surface area contributed by atoms with Gasteiger partial charge >= 0.3 is 0 Å². The standard InChI is InChI=1S/C13H20FNO/c1-3-15(4-2)8-7-12-6-5-11(10-16)9-13(12)14/h5-6,9,16H,3-4,7-8,10H2,1-2H3. The van der Waals surface area contributed by atoms with Gasteiger partial charge in [0.2, 0.25) is 0 Å². The zero-order valence-corrected chi connectivity index (χ0v) is 10.0. The zero-order chi connectivity index (χ0) is 12.0. The third-order valence-electron chi connectivity index (χ3n) is 2.89. The van der Waals surface area contributed by atoms with Gasteiger partial charge in [-0.15, -0.1) is 0 Å². The molecule has 0 aliphatic carbocycles. The summed E-state index contributed by atoms with van der Waals surface area (Å²) < 4.78 is 13.6. The molecule has 0 unspecified atom stereocenters. The van der Waals surface area contributed by atoms with Crippen molar-refractivity contribution in [1.82, 2.24) is 4.90 Å². The number of hydrogen-bond acceptors (Lipinski definition) is 2. The van der Waals surface area contributed by atoms with Gasteiger partial charge in [0, 0.05) is 6.54 Å². The Labute approximate surface area is 96.7 Å². The van der Waals surface area contributed by atoms with Crippen LogP contribution in [0.4, 0.5) is 4.39 Å². The van der Waals surface area contributed by atoms with Gasteiger partial charge in [0.25, 0.3) is 0 Å². The molecule has 16 heavy (non-hydrogen) atoms. The molecule has 0 aliphatic rings. The van der Waals surface area contributed by atoms with Gasteiger partial charge in [0.15, 0.2) is 0 Å². The molecule has 0 amide bonds. The lowest BCUT2D eigenvalue weighted by Crippen LogP contribution is -2.25. The summed E-state index contributed by atoms with van der Waals surface area (Å²) in [4.78, 5) is 2.26. The Morgan fingerprint density at radius 3 is 2.44 bits per heavy atom. The topological polar surface area (TPSA) is 23.5 Å². The molecule has 0 radical (unpaired) electrons. The first kappa shape index (κ1) is 13.1. The smallest absolute Gasteiger partial charge is 0.126 e. The molecular formula is C13H20FNO. The van der Waals surface area contributed by atoms with Crippen molar-refractivity contribution in [2.45, 2.75) is 26.9 Å². The normalized spacial score (nSPS) is 11.1. The van der Waals surface area contributed by atoms with E-state index in [-0.39, 0.29) is 12.4 Å². The summed E-state index contributed by atoms with van der Waals surface area (Å²) in [6, 6.07) is 4.96. The summed E-state index contributed by atoms with van der Waals surface area (Å²) in [5.41, 5.74) is 1.35. The first-order valence-corrected chi connectivity index (χ1v) is 5.81. The molecule has 1 aromatic carbocycles. The summed E-state index contributed by atoms with van der Waals surface area (Å²) in [6.45, 7) is 6.97. The van der Waals surface area contributed by atoms with Crippen molar-refractivity contribution < 1.29 is 9.50 Å². The summed E-state index contributed by atoms with van der Waals surface area (Å²) >= 11 is 0. The maximum Gasteiger partial charge on any atom is 0.126 e. The second-order valence-corrected chi connectivity index (χ2v) is 3.86. The molecule has 1 aromatic rings. The number of aliphatic hydroxyl groups is 1. The zero-order valence-electron chi connectivity index (χ0n) is 10.0. The molecule has 0 bridgehead atoms. The number of likely N-dealkylation sites (N-methyl/N-ethyl adjacent to an activating group) is 1. The minimum absolute atomic E-state index is 0.104. The lowest BCUT2D eigenvalue weighted by atomic mass is 10.1. The van der Waals surface area contributed by atoms with Crippen LogP contribution in [0.5, 0.6) is 0 Å². The summed E-state index contributed by atoms with van der Waals surface area (Å²) in [5.74, 6) is -0.210. The lowest BCUT2D eigenvalue weighted by molar-refractivity contribution is 0.281. The quantitative estimate of drug-likeness (QED) is 0.802. The Balaban J connectivity index is 2.60. The van der Waals surface area contributed by atoms with Crippen LogP contribution in [0.2, 0.25) is 0 Å². The van der Waals surface area contributed by atoms with E-state index in [9.17, 15) is 4.39 Å². The van der Waals surface area contributed by atoms with Crippen LogP contribution in [0, 0.1) is 5.82 Å². The Kier molecular flexibility index (Phi) is 5.43. The van der Waals surface area contributed by atoms with Gasteiger partial charge in [0.05, 0.1) is 6.61 Å². The molecule has 0 aliphatic heterocycles. The SMILES string of the molecule is CCN(CC)CCc1ccc(CO)cc1F. The summed E-state index contributed by atoms with van der Waals surface area (Å²) in [5, 5.41) is 8.87. The van der Waals surface area contributed by atoms with E-state index in [1.807, 2.05) is 0 Å². The largest absolute Gasteiger partial charge is 0.392 e. The van der Waals surface area contributed by atoms with Gasteiger partial charge in [-0.1, -0.05) is 26.0 Å². The van der Waals surface area contributed by atoms with Gasteiger partial charge in [0.1, 0.15) is 5.82 Å². The third kappa shape index (κ3) is 3.58. The minimum atomic E-state index is -0.210. The minimum Gasteiger partial charge on any atom is -0.392 e. The number of hydrogen-bond donors (Lipinski definition) is 1. The van der Waals surface area contributed by atoms with Gasteiger partial charge in [-0.2, -0.15) is 0 Å². The van der Waals surface area contributed by atoms with E-state index < -0.39 is 0 Å². The van der Waals surface area contributed by atoms with Gasteiger partial charge in [-0.05, 0) is 36.7 Å². The first-order chi connectivity index (χ1) is 7.71. The highest BCUT2D eigenvalue weighted by atomic mass is 19.1. The van der Waals surface area contributed by atoms with Crippen molar-refractivity contribution in [2.75, 3.05) is 19.6 Å². The van der Waals surface area contributed by atoms with Gasteiger partial charge in [-0.3, -0.25) is 0 Å². The molecule has 3 heteroatoms. The predicted octanol–water partition coefficient (Wildman–Crippen LogP) is 2.20. The molecule has 0 aromatic heterocycles. The van der Waals surface area contributed by atoms with Crippen molar-refractivity contribution in [3.8, 4) is 0 Å². The van der Waals surface area contributed by atoms with Crippen LogP contribution in [0.3, 0.4) is 0 Å². The Morgan fingerprint density at radius 1 is 1.25 bits per heavy atom. The highest BCUT2D eigenvalue weighted by Crippen LogP contribution is 2.11. The van der Waals surface area contributed by atoms with Gasteiger partial charge < -0.3 is 10.0 Å².